The largest absolute Gasteiger partial charge is 0.339 e. The summed E-state index contributed by atoms with van der Waals surface area (Å²) in [5.74, 6) is 2.72. The lowest BCUT2D eigenvalue weighted by Gasteiger charge is -2.14. The molecule has 2 atom stereocenters. The van der Waals surface area contributed by atoms with E-state index in [9.17, 15) is 0 Å². The zero-order valence-corrected chi connectivity index (χ0v) is 13.3. The molecule has 0 bridgehead atoms. The first-order valence-electron chi connectivity index (χ1n) is 7.46. The molecule has 0 aliphatic heterocycles. The number of nitrogens with zero attached hydrogens (tertiary/aromatic N) is 2. The van der Waals surface area contributed by atoms with Crippen molar-refractivity contribution in [3.05, 3.63) is 41.5 Å². The number of benzene rings is 1. The molecule has 1 fully saturated rings. The molecule has 1 aromatic heterocycles. The maximum atomic E-state index is 5.48. The first-order valence-corrected chi connectivity index (χ1v) is 8.44. The third-order valence-electron chi connectivity index (χ3n) is 4.14. The van der Waals surface area contributed by atoms with Crippen LogP contribution in [0.25, 0.3) is 0 Å². The second-order valence-corrected chi connectivity index (χ2v) is 6.55. The summed E-state index contributed by atoms with van der Waals surface area (Å²) in [7, 11) is 2.01. The fraction of sp³-hybridized carbons (Fsp3) is 0.500. The van der Waals surface area contributed by atoms with Crippen LogP contribution in [0.5, 0.6) is 0 Å². The molecule has 0 amide bonds. The average molecular weight is 303 g/mol. The van der Waals surface area contributed by atoms with E-state index in [4.69, 9.17) is 4.52 Å². The summed E-state index contributed by atoms with van der Waals surface area (Å²) in [5.41, 5.74) is 1.29. The number of hydrogen-bond acceptors (Lipinski definition) is 5. The summed E-state index contributed by atoms with van der Waals surface area (Å²) in [6.45, 7) is 2.13. The van der Waals surface area contributed by atoms with Crippen molar-refractivity contribution in [2.45, 2.75) is 48.8 Å². The van der Waals surface area contributed by atoms with E-state index in [1.807, 2.05) is 7.05 Å². The summed E-state index contributed by atoms with van der Waals surface area (Å²) in [5, 5.41) is 7.49. The molecule has 1 N–H and O–H groups in total. The second-order valence-electron chi connectivity index (χ2n) is 5.54. The smallest absolute Gasteiger partial charge is 0.231 e. The Balaban J connectivity index is 1.64. The van der Waals surface area contributed by atoms with E-state index in [1.54, 1.807) is 11.8 Å². The van der Waals surface area contributed by atoms with Crippen LogP contribution < -0.4 is 5.32 Å². The van der Waals surface area contributed by atoms with E-state index in [2.05, 4.69) is 46.6 Å². The van der Waals surface area contributed by atoms with Crippen LogP contribution in [0.4, 0.5) is 0 Å². The quantitative estimate of drug-likeness (QED) is 0.856. The summed E-state index contributed by atoms with van der Waals surface area (Å²) in [6, 6.07) is 8.86. The summed E-state index contributed by atoms with van der Waals surface area (Å²) in [6.07, 6.45) is 3.56. The fourth-order valence-electron chi connectivity index (χ4n) is 2.94. The standard InChI is InChI=1S/C16H21N3OS/c1-11-6-3-4-9-14(11)21-10-15-18-16(20-19-15)12-7-5-8-13(12)17-2/h3-4,6,9,12-13,17H,5,7-8,10H2,1-2H3. The van der Waals surface area contributed by atoms with Crippen molar-refractivity contribution in [1.82, 2.24) is 15.5 Å². The minimum Gasteiger partial charge on any atom is -0.339 e. The molecule has 1 aliphatic carbocycles. The molecule has 5 heteroatoms. The van der Waals surface area contributed by atoms with Crippen LogP contribution in [0.2, 0.25) is 0 Å². The van der Waals surface area contributed by atoms with Crippen molar-refractivity contribution >= 4 is 11.8 Å². The highest BCUT2D eigenvalue weighted by Crippen LogP contribution is 2.34. The van der Waals surface area contributed by atoms with Gasteiger partial charge in [0.05, 0.1) is 11.7 Å². The van der Waals surface area contributed by atoms with E-state index in [-0.39, 0.29) is 0 Å². The zero-order chi connectivity index (χ0) is 14.7. The first-order chi connectivity index (χ1) is 10.3. The molecule has 2 unspecified atom stereocenters. The lowest BCUT2D eigenvalue weighted by atomic mass is 10.0. The molecular formula is C16H21N3OS. The van der Waals surface area contributed by atoms with Crippen LogP contribution in [-0.4, -0.2) is 23.2 Å². The Morgan fingerprint density at radius 1 is 1.33 bits per heavy atom. The Kier molecular flexibility index (Phi) is 4.60. The molecule has 21 heavy (non-hydrogen) atoms. The van der Waals surface area contributed by atoms with Gasteiger partial charge in [0, 0.05) is 10.9 Å². The van der Waals surface area contributed by atoms with Crippen molar-refractivity contribution in [3.8, 4) is 0 Å². The van der Waals surface area contributed by atoms with Gasteiger partial charge in [-0.15, -0.1) is 11.8 Å². The van der Waals surface area contributed by atoms with E-state index < -0.39 is 0 Å². The Morgan fingerprint density at radius 2 is 2.19 bits per heavy atom. The Labute approximate surface area is 129 Å². The molecule has 1 heterocycles. The molecule has 1 aromatic carbocycles. The maximum Gasteiger partial charge on any atom is 0.231 e. The van der Waals surface area contributed by atoms with E-state index in [0.717, 1.165) is 23.9 Å². The molecular weight excluding hydrogens is 282 g/mol. The van der Waals surface area contributed by atoms with Crippen LogP contribution in [0.15, 0.2) is 33.7 Å². The van der Waals surface area contributed by atoms with Crippen molar-refractivity contribution in [2.75, 3.05) is 7.05 Å². The minimum atomic E-state index is 0.375. The number of aromatic nitrogens is 2. The predicted octanol–water partition coefficient (Wildman–Crippen LogP) is 3.53. The number of aryl methyl sites for hydroxylation is 1. The van der Waals surface area contributed by atoms with Gasteiger partial charge in [0.1, 0.15) is 0 Å². The molecule has 4 nitrogen and oxygen atoms in total. The summed E-state index contributed by atoms with van der Waals surface area (Å²) in [4.78, 5) is 5.87. The van der Waals surface area contributed by atoms with Gasteiger partial charge >= 0.3 is 0 Å². The third-order valence-corrected chi connectivity index (χ3v) is 5.31. The van der Waals surface area contributed by atoms with Gasteiger partial charge in [-0.3, -0.25) is 0 Å². The van der Waals surface area contributed by atoms with Gasteiger partial charge in [0.15, 0.2) is 5.82 Å². The summed E-state index contributed by atoms with van der Waals surface area (Å²) < 4.78 is 5.48. The van der Waals surface area contributed by atoms with Crippen molar-refractivity contribution in [3.63, 3.8) is 0 Å². The first kappa shape index (κ1) is 14.6. The number of rotatable bonds is 5. The molecule has 0 saturated heterocycles. The van der Waals surface area contributed by atoms with Gasteiger partial charge in [-0.25, -0.2) is 0 Å². The monoisotopic (exact) mass is 303 g/mol. The van der Waals surface area contributed by atoms with E-state index >= 15 is 0 Å². The molecule has 1 aliphatic rings. The van der Waals surface area contributed by atoms with Crippen LogP contribution in [0, 0.1) is 6.92 Å². The lowest BCUT2D eigenvalue weighted by molar-refractivity contribution is 0.333. The highest BCUT2D eigenvalue weighted by Gasteiger charge is 2.31. The molecule has 112 valence electrons. The minimum absolute atomic E-state index is 0.375. The van der Waals surface area contributed by atoms with Crippen molar-refractivity contribution < 1.29 is 4.52 Å². The molecule has 0 radical (unpaired) electrons. The van der Waals surface area contributed by atoms with Gasteiger partial charge in [0.25, 0.3) is 0 Å². The fourth-order valence-corrected chi connectivity index (χ4v) is 3.81. The summed E-state index contributed by atoms with van der Waals surface area (Å²) >= 11 is 1.76. The van der Waals surface area contributed by atoms with Crippen LogP contribution in [0.1, 0.15) is 42.5 Å². The van der Waals surface area contributed by atoms with Gasteiger partial charge in [0.2, 0.25) is 5.89 Å². The highest BCUT2D eigenvalue weighted by atomic mass is 32.2. The van der Waals surface area contributed by atoms with Gasteiger partial charge < -0.3 is 9.84 Å². The lowest BCUT2D eigenvalue weighted by Crippen LogP contribution is -2.27. The molecule has 3 rings (SSSR count). The number of hydrogen-bond donors (Lipinski definition) is 1. The molecule has 2 aromatic rings. The van der Waals surface area contributed by atoms with Crippen LogP contribution in [0.3, 0.4) is 0 Å². The number of nitrogens with one attached hydrogen (secondary N) is 1. The molecule has 0 spiro atoms. The predicted molar refractivity (Wildman–Crippen MR) is 84.5 cm³/mol. The average Bonchev–Trinajstić information content (AvgIpc) is 3.14. The van der Waals surface area contributed by atoms with Gasteiger partial charge in [-0.2, -0.15) is 4.98 Å². The van der Waals surface area contributed by atoms with Crippen LogP contribution >= 0.6 is 11.8 Å². The topological polar surface area (TPSA) is 51.0 Å². The van der Waals surface area contributed by atoms with Gasteiger partial charge in [-0.05, 0) is 38.4 Å². The van der Waals surface area contributed by atoms with E-state index in [1.165, 1.54) is 23.3 Å². The Bertz CT molecular complexity index is 599. The number of likely N-dealkylation sites (N-methyl/N-ethyl adjacent to an activating group) is 1. The van der Waals surface area contributed by atoms with Gasteiger partial charge in [-0.1, -0.05) is 29.8 Å². The maximum absolute atomic E-state index is 5.48. The molecule has 1 saturated carbocycles. The zero-order valence-electron chi connectivity index (χ0n) is 12.5. The SMILES string of the molecule is CNC1CCCC1c1nc(CSc2ccccc2C)no1. The van der Waals surface area contributed by atoms with E-state index in [0.29, 0.717) is 12.0 Å². The van der Waals surface area contributed by atoms with Crippen molar-refractivity contribution in [2.24, 2.45) is 0 Å². The van der Waals surface area contributed by atoms with Crippen LogP contribution in [-0.2, 0) is 5.75 Å². The Morgan fingerprint density at radius 3 is 3.00 bits per heavy atom. The highest BCUT2D eigenvalue weighted by molar-refractivity contribution is 7.98. The second kappa shape index (κ2) is 6.62. The normalized spacial score (nSPS) is 21.8. The third kappa shape index (κ3) is 3.30. The number of thioether (sulfide) groups is 1. The van der Waals surface area contributed by atoms with Crippen molar-refractivity contribution in [1.29, 1.82) is 0 Å². The Hall–Kier alpha value is -1.33.